The lowest BCUT2D eigenvalue weighted by Crippen LogP contribution is -2.17. The highest BCUT2D eigenvalue weighted by molar-refractivity contribution is 5.81. The summed E-state index contributed by atoms with van der Waals surface area (Å²) in [5.41, 5.74) is 2.31. The summed E-state index contributed by atoms with van der Waals surface area (Å²) < 4.78 is 5.57. The third-order valence-electron chi connectivity index (χ3n) is 3.25. The molecule has 0 saturated heterocycles. The van der Waals surface area contributed by atoms with Gasteiger partial charge in [-0.05, 0) is 31.9 Å². The van der Waals surface area contributed by atoms with E-state index in [2.05, 4.69) is 17.4 Å². The maximum Gasteiger partial charge on any atom is 0.134 e. The van der Waals surface area contributed by atoms with Crippen LogP contribution in [0.15, 0.2) is 34.9 Å². The molecule has 1 unspecified atom stereocenters. The van der Waals surface area contributed by atoms with Gasteiger partial charge in [0.15, 0.2) is 0 Å². The van der Waals surface area contributed by atoms with Crippen LogP contribution >= 0.6 is 0 Å². The fourth-order valence-electron chi connectivity index (χ4n) is 2.31. The molecule has 2 nitrogen and oxygen atoms in total. The van der Waals surface area contributed by atoms with Gasteiger partial charge in [-0.3, -0.25) is 0 Å². The van der Waals surface area contributed by atoms with E-state index in [0.717, 1.165) is 11.5 Å². The van der Waals surface area contributed by atoms with Gasteiger partial charge in [-0.15, -0.1) is 0 Å². The van der Waals surface area contributed by atoms with Crippen LogP contribution in [0, 0.1) is 5.92 Å². The second kappa shape index (κ2) is 3.38. The molecule has 2 aromatic rings. The molecule has 1 N–H and O–H groups in total. The molecular weight excluding hydrogens is 186 g/mol. The normalized spacial score (nSPS) is 18.2. The van der Waals surface area contributed by atoms with E-state index in [0.29, 0.717) is 6.04 Å². The minimum absolute atomic E-state index is 0.466. The van der Waals surface area contributed by atoms with Crippen molar-refractivity contribution in [2.75, 3.05) is 7.05 Å². The fourth-order valence-corrected chi connectivity index (χ4v) is 2.31. The van der Waals surface area contributed by atoms with Crippen LogP contribution < -0.4 is 5.32 Å². The maximum absolute atomic E-state index is 5.57. The summed E-state index contributed by atoms with van der Waals surface area (Å²) in [7, 11) is 2.03. The van der Waals surface area contributed by atoms with Crippen LogP contribution in [-0.2, 0) is 0 Å². The smallest absolute Gasteiger partial charge is 0.134 e. The van der Waals surface area contributed by atoms with E-state index in [-0.39, 0.29) is 0 Å². The van der Waals surface area contributed by atoms with Crippen molar-refractivity contribution in [3.8, 4) is 0 Å². The molecule has 78 valence electrons. The molecule has 0 amide bonds. The largest absolute Gasteiger partial charge is 0.464 e. The predicted molar refractivity (Wildman–Crippen MR) is 60.7 cm³/mol. The summed E-state index contributed by atoms with van der Waals surface area (Å²) in [4.78, 5) is 0. The van der Waals surface area contributed by atoms with Crippen molar-refractivity contribution in [1.29, 1.82) is 0 Å². The zero-order valence-electron chi connectivity index (χ0n) is 8.86. The first-order valence-corrected chi connectivity index (χ1v) is 5.53. The molecule has 1 saturated carbocycles. The van der Waals surface area contributed by atoms with E-state index in [1.165, 1.54) is 23.8 Å². The fraction of sp³-hybridized carbons (Fsp3) is 0.385. The summed E-state index contributed by atoms with van der Waals surface area (Å²) in [5.74, 6) is 0.802. The summed E-state index contributed by atoms with van der Waals surface area (Å²) in [6, 6.07) is 8.72. The molecule has 1 aromatic heterocycles. The summed E-state index contributed by atoms with van der Waals surface area (Å²) >= 11 is 0. The highest BCUT2D eigenvalue weighted by atomic mass is 16.3. The lowest BCUT2D eigenvalue weighted by Gasteiger charge is -2.13. The Morgan fingerprint density at radius 1 is 1.33 bits per heavy atom. The van der Waals surface area contributed by atoms with E-state index in [1.807, 2.05) is 25.4 Å². The maximum atomic E-state index is 5.57. The summed E-state index contributed by atoms with van der Waals surface area (Å²) in [5, 5.41) is 4.65. The number of benzene rings is 1. The third-order valence-corrected chi connectivity index (χ3v) is 3.25. The van der Waals surface area contributed by atoms with Gasteiger partial charge in [0.1, 0.15) is 5.58 Å². The van der Waals surface area contributed by atoms with Crippen molar-refractivity contribution in [3.63, 3.8) is 0 Å². The summed E-state index contributed by atoms with van der Waals surface area (Å²) in [6.45, 7) is 0. The van der Waals surface area contributed by atoms with E-state index < -0.39 is 0 Å². The zero-order chi connectivity index (χ0) is 10.3. The van der Waals surface area contributed by atoms with Gasteiger partial charge in [-0.2, -0.15) is 0 Å². The van der Waals surface area contributed by atoms with Crippen molar-refractivity contribution in [1.82, 2.24) is 5.32 Å². The Morgan fingerprint density at radius 2 is 2.13 bits per heavy atom. The third kappa shape index (κ3) is 1.45. The van der Waals surface area contributed by atoms with Gasteiger partial charge >= 0.3 is 0 Å². The molecule has 1 aliphatic rings. The van der Waals surface area contributed by atoms with Gasteiger partial charge < -0.3 is 9.73 Å². The SMILES string of the molecule is CNC(c1coc2ccccc12)C1CC1. The number of fused-ring (bicyclic) bond motifs is 1. The molecule has 1 atom stereocenters. The van der Waals surface area contributed by atoms with E-state index in [9.17, 15) is 0 Å². The number of furan rings is 1. The first-order chi connectivity index (χ1) is 7.40. The highest BCUT2D eigenvalue weighted by Crippen LogP contribution is 2.43. The second-order valence-electron chi connectivity index (χ2n) is 4.29. The minimum atomic E-state index is 0.466. The van der Waals surface area contributed by atoms with Gasteiger partial charge in [0.25, 0.3) is 0 Å². The molecule has 2 heteroatoms. The Bertz CT molecular complexity index is 470. The van der Waals surface area contributed by atoms with Crippen molar-refractivity contribution in [3.05, 3.63) is 36.1 Å². The Labute approximate surface area is 89.3 Å². The van der Waals surface area contributed by atoms with Crippen molar-refractivity contribution in [2.45, 2.75) is 18.9 Å². The van der Waals surface area contributed by atoms with Gasteiger partial charge in [0, 0.05) is 17.0 Å². The highest BCUT2D eigenvalue weighted by Gasteiger charge is 2.32. The van der Waals surface area contributed by atoms with Crippen LogP contribution in [0.1, 0.15) is 24.4 Å². The van der Waals surface area contributed by atoms with Gasteiger partial charge in [-0.25, -0.2) is 0 Å². The van der Waals surface area contributed by atoms with Crippen molar-refractivity contribution >= 4 is 11.0 Å². The zero-order valence-corrected chi connectivity index (χ0v) is 8.86. The molecule has 0 radical (unpaired) electrons. The van der Waals surface area contributed by atoms with Gasteiger partial charge in [-0.1, -0.05) is 18.2 Å². The quantitative estimate of drug-likeness (QED) is 0.825. The Balaban J connectivity index is 2.08. The number of hydrogen-bond acceptors (Lipinski definition) is 2. The van der Waals surface area contributed by atoms with Gasteiger partial charge in [0.05, 0.1) is 6.26 Å². The Kier molecular flexibility index (Phi) is 2.03. The molecule has 1 heterocycles. The van der Waals surface area contributed by atoms with E-state index in [1.54, 1.807) is 0 Å². The minimum Gasteiger partial charge on any atom is -0.464 e. The monoisotopic (exact) mass is 201 g/mol. The number of rotatable bonds is 3. The van der Waals surface area contributed by atoms with Crippen molar-refractivity contribution < 1.29 is 4.42 Å². The standard InChI is InChI=1S/C13H15NO/c1-14-13(9-6-7-9)11-8-15-12-5-3-2-4-10(11)12/h2-5,8-9,13-14H,6-7H2,1H3. The Hall–Kier alpha value is -1.28. The topological polar surface area (TPSA) is 25.2 Å². The first-order valence-electron chi connectivity index (χ1n) is 5.53. The number of nitrogens with one attached hydrogen (secondary N) is 1. The molecule has 3 rings (SSSR count). The molecule has 0 spiro atoms. The first kappa shape index (κ1) is 8.98. The molecule has 1 fully saturated rings. The van der Waals surface area contributed by atoms with Crippen LogP contribution in [0.4, 0.5) is 0 Å². The number of para-hydroxylation sites is 1. The molecule has 1 aromatic carbocycles. The molecular formula is C13H15NO. The van der Waals surface area contributed by atoms with E-state index >= 15 is 0 Å². The average molecular weight is 201 g/mol. The molecule has 0 bridgehead atoms. The molecule has 15 heavy (non-hydrogen) atoms. The van der Waals surface area contributed by atoms with Crippen LogP contribution in [0.5, 0.6) is 0 Å². The average Bonchev–Trinajstić information content (AvgIpc) is 3.01. The van der Waals surface area contributed by atoms with Crippen LogP contribution in [-0.4, -0.2) is 7.05 Å². The van der Waals surface area contributed by atoms with Crippen LogP contribution in [0.25, 0.3) is 11.0 Å². The predicted octanol–water partition coefficient (Wildman–Crippen LogP) is 3.10. The van der Waals surface area contributed by atoms with Crippen LogP contribution in [0.3, 0.4) is 0 Å². The molecule has 1 aliphatic carbocycles. The van der Waals surface area contributed by atoms with E-state index in [4.69, 9.17) is 4.42 Å². The lowest BCUT2D eigenvalue weighted by molar-refractivity contribution is 0.517. The summed E-state index contributed by atoms with van der Waals surface area (Å²) in [6.07, 6.45) is 4.58. The van der Waals surface area contributed by atoms with Crippen LogP contribution in [0.2, 0.25) is 0 Å². The Morgan fingerprint density at radius 3 is 2.87 bits per heavy atom. The van der Waals surface area contributed by atoms with Crippen molar-refractivity contribution in [2.24, 2.45) is 5.92 Å². The molecule has 0 aliphatic heterocycles. The second-order valence-corrected chi connectivity index (χ2v) is 4.29. The number of hydrogen-bond donors (Lipinski definition) is 1. The lowest BCUT2D eigenvalue weighted by atomic mass is 10.0. The van der Waals surface area contributed by atoms with Gasteiger partial charge in [0.2, 0.25) is 0 Å².